The maximum Gasteiger partial charge on any atom is 0.391 e. The highest BCUT2D eigenvalue weighted by Crippen LogP contribution is 2.46. The smallest absolute Gasteiger partial charge is 0.391 e. The van der Waals surface area contributed by atoms with Crippen molar-refractivity contribution in [3.05, 3.63) is 222 Å². The summed E-state index contributed by atoms with van der Waals surface area (Å²) in [5.41, 5.74) is 8.27. The first-order chi connectivity index (χ1) is 31.1. The zero-order valence-electron chi connectivity index (χ0n) is 32.7. The number of hydrogen-bond donors (Lipinski definition) is 0. The normalized spacial score (nSPS) is 16.7. The van der Waals surface area contributed by atoms with Crippen LogP contribution in [0.1, 0.15) is 45.0 Å². The molecular formula is C45H24N4O12S4-2. The Balaban J connectivity index is 1.27. The Morgan fingerprint density at radius 3 is 0.938 bits per heavy atom. The van der Waals surface area contributed by atoms with Gasteiger partial charge in [0.25, 0.3) is 10.9 Å². The van der Waals surface area contributed by atoms with Crippen LogP contribution in [0.3, 0.4) is 0 Å². The summed E-state index contributed by atoms with van der Waals surface area (Å²) in [6.45, 7) is 0. The van der Waals surface area contributed by atoms with Gasteiger partial charge in [0.15, 0.2) is 0 Å². The molecule has 20 heteroatoms. The second kappa shape index (κ2) is 13.3. The molecule has 8 aromatic rings. The van der Waals surface area contributed by atoms with Crippen LogP contribution in [0.2, 0.25) is 0 Å². The molecule has 8 heterocycles. The van der Waals surface area contributed by atoms with E-state index in [9.17, 15) is 43.9 Å². The van der Waals surface area contributed by atoms with Crippen molar-refractivity contribution in [2.75, 3.05) is 0 Å². The molecule has 0 bridgehead atoms. The predicted molar refractivity (Wildman–Crippen MR) is 230 cm³/mol. The summed E-state index contributed by atoms with van der Waals surface area (Å²) in [7, 11) is -14.3. The minimum Gasteiger partial charge on any atom is -0.744 e. The molecule has 65 heavy (non-hydrogen) atoms. The van der Waals surface area contributed by atoms with Gasteiger partial charge in [0, 0.05) is 26.6 Å². The van der Waals surface area contributed by atoms with Crippen molar-refractivity contribution in [3.8, 4) is 0 Å². The zero-order chi connectivity index (χ0) is 44.9. The van der Waals surface area contributed by atoms with E-state index in [4.69, 9.17) is 0 Å². The molecule has 4 aliphatic rings. The van der Waals surface area contributed by atoms with Gasteiger partial charge >= 0.3 is 4.75 Å². The van der Waals surface area contributed by atoms with E-state index in [0.717, 1.165) is 45.3 Å². The van der Waals surface area contributed by atoms with E-state index in [2.05, 4.69) is 27.3 Å². The van der Waals surface area contributed by atoms with Gasteiger partial charge in [-0.05, 0) is 119 Å². The summed E-state index contributed by atoms with van der Waals surface area (Å²) >= 11 is 0.746. The summed E-state index contributed by atoms with van der Waals surface area (Å²) < 4.78 is 126. The van der Waals surface area contributed by atoms with Crippen LogP contribution in [-0.4, -0.2) is 57.2 Å². The average molecular weight is 941 g/mol. The molecule has 12 rings (SSSR count). The first-order valence-corrected chi connectivity index (χ1v) is 24.4. The Morgan fingerprint density at radius 2 is 0.677 bits per heavy atom. The standard InChI is InChI=1S/C45H26N4O12S4/c50-60-61-62-29-9-1-25(2-10-29)41-33-17-19-35-42(26-3-11-30(12-4-26)63(51,52)53)37-21-23-39-44(28-7-15-32(16-8-28)65(57,58)59)40-24-22-38-43(27-5-13-31(14-6-27)64(54,55)56)36-20-18-34(41)47(36)45(46(33)35,48(37)39)49(38)40/h1-24H,(H2-,51,52,53,54,55,56,57,58,59)/p-2. The second-order valence-corrected chi connectivity index (χ2v) is 20.4. The third-order valence-electron chi connectivity index (χ3n) is 12.4. The number of nitrogens with zero attached hydrogens (tertiary/aromatic N) is 4. The van der Waals surface area contributed by atoms with Crippen LogP contribution < -0.4 is 21.4 Å². The predicted octanol–water partition coefficient (Wildman–Crippen LogP) is 2.62. The Kier molecular flexibility index (Phi) is 8.07. The quantitative estimate of drug-likeness (QED) is 0.0634. The average Bonchev–Trinajstić information content (AvgIpc) is 4.11. The van der Waals surface area contributed by atoms with Crippen molar-refractivity contribution in [3.63, 3.8) is 0 Å². The molecule has 1 spiro atoms. The minimum absolute atomic E-state index is 0.397. The van der Waals surface area contributed by atoms with Gasteiger partial charge in [0.1, 0.15) is 30.4 Å². The number of hydrogen-bond acceptors (Lipinski definition) is 12. The summed E-state index contributed by atoms with van der Waals surface area (Å²) in [6, 6.07) is 40.2. The maximum atomic E-state index is 12.1. The van der Waals surface area contributed by atoms with Crippen molar-refractivity contribution in [1.82, 2.24) is 18.3 Å². The molecule has 0 fully saturated rings. The van der Waals surface area contributed by atoms with E-state index in [-0.39, 0.29) is 0 Å². The first-order valence-electron chi connectivity index (χ1n) is 19.4. The van der Waals surface area contributed by atoms with E-state index in [1.165, 1.54) is 36.4 Å². The van der Waals surface area contributed by atoms with E-state index >= 15 is 0 Å². The lowest BCUT2D eigenvalue weighted by atomic mass is 9.95. The van der Waals surface area contributed by atoms with E-state index in [0.29, 0.717) is 60.4 Å². The number of aromatic nitrogens is 4. The highest BCUT2D eigenvalue weighted by atomic mass is 32.2. The molecule has 4 aliphatic heterocycles. The van der Waals surface area contributed by atoms with Crippen molar-refractivity contribution >= 4 is 64.7 Å². The number of rotatable bonds is 10. The van der Waals surface area contributed by atoms with Crippen LogP contribution in [0.25, 0.3) is 22.3 Å². The van der Waals surface area contributed by atoms with Crippen LogP contribution in [0.5, 0.6) is 0 Å². The van der Waals surface area contributed by atoms with Crippen LogP contribution >= 0.6 is 12.0 Å². The summed E-state index contributed by atoms with van der Waals surface area (Å²) in [6.07, 6.45) is 0. The fourth-order valence-corrected chi connectivity index (χ4v) is 11.8. The maximum absolute atomic E-state index is 12.1. The van der Waals surface area contributed by atoms with Gasteiger partial charge in [-0.25, -0.2) is 25.3 Å². The van der Waals surface area contributed by atoms with Gasteiger partial charge in [-0.15, -0.1) is 0 Å². The number of benzene rings is 4. The van der Waals surface area contributed by atoms with Gasteiger partial charge < -0.3 is 13.7 Å². The van der Waals surface area contributed by atoms with Crippen LogP contribution in [0, 0.1) is 9.71 Å². The molecule has 0 N–H and O–H groups in total. The summed E-state index contributed by atoms with van der Waals surface area (Å²) in [5.74, 6) is -1.32. The van der Waals surface area contributed by atoms with Crippen LogP contribution in [0.15, 0.2) is 165 Å². The molecular weight excluding hydrogens is 917 g/mol. The Labute approximate surface area is 371 Å². The minimum atomic E-state index is -4.78. The molecule has 0 amide bonds. The van der Waals surface area contributed by atoms with Crippen LogP contribution in [0.4, 0.5) is 0 Å². The molecule has 0 saturated heterocycles. The molecule has 0 saturated carbocycles. The molecule has 16 nitrogen and oxygen atoms in total. The lowest BCUT2D eigenvalue weighted by Crippen LogP contribution is -2.72. The van der Waals surface area contributed by atoms with Crippen molar-refractivity contribution in [2.45, 2.75) is 25.5 Å². The Hall–Kier alpha value is -7.04. The fourth-order valence-electron chi connectivity index (χ4n) is 10.0. The third kappa shape index (κ3) is 5.37. The molecule has 322 valence electrons. The third-order valence-corrected chi connectivity index (χ3v) is 15.5. The van der Waals surface area contributed by atoms with Crippen molar-refractivity contribution in [1.29, 1.82) is 0 Å². The first kappa shape index (κ1) is 39.5. The molecule has 1 unspecified atom stereocenters. The van der Waals surface area contributed by atoms with Crippen LogP contribution in [-0.2, 0) is 40.6 Å². The molecule has 0 radical (unpaired) electrons. The highest BCUT2D eigenvalue weighted by Gasteiger charge is 2.54. The van der Waals surface area contributed by atoms with Gasteiger partial charge in [-0.2, -0.15) is 0 Å². The van der Waals surface area contributed by atoms with E-state index in [1.54, 1.807) is 48.5 Å². The molecule has 4 aromatic carbocycles. The lowest BCUT2D eigenvalue weighted by molar-refractivity contribution is 0.0952. The van der Waals surface area contributed by atoms with Crippen molar-refractivity contribution in [2.24, 2.45) is 0 Å². The van der Waals surface area contributed by atoms with Crippen molar-refractivity contribution < 1.29 is 43.2 Å². The highest BCUT2D eigenvalue weighted by molar-refractivity contribution is 7.94. The summed E-state index contributed by atoms with van der Waals surface area (Å²) in [4.78, 5) is 10.0. The van der Waals surface area contributed by atoms with Gasteiger partial charge in [0.05, 0.1) is 63.8 Å². The largest absolute Gasteiger partial charge is 0.744 e. The monoisotopic (exact) mass is 940 g/mol. The lowest BCUT2D eigenvalue weighted by Gasteiger charge is -2.52. The molecule has 0 aliphatic carbocycles. The molecule has 4 aromatic heterocycles. The fraction of sp³-hybridized carbons (Fsp3) is 0.0222. The zero-order valence-corrected chi connectivity index (χ0v) is 35.9. The van der Waals surface area contributed by atoms with Gasteiger partial charge in [-0.3, -0.25) is 18.3 Å². The van der Waals surface area contributed by atoms with E-state index in [1.807, 2.05) is 60.7 Å². The second-order valence-electron chi connectivity index (χ2n) is 15.5. The Bertz CT molecular complexity index is 4060. The summed E-state index contributed by atoms with van der Waals surface area (Å²) in [5, 5.41) is 2.88. The Morgan fingerprint density at radius 1 is 0.400 bits per heavy atom. The SMILES string of the molecule is O=[O+]OSc1ccc(C2=c3ccc4n3C35n6c2ccc6C(c2ccc(S(=O)(=O)[O-])cc2)=c2ccc(n23)=C(c2ccc(S(=O)(=O)[O-])cc2)c2ccc(n25)C=4c2ccc(S(=O)(=O)[O-])cc2)cc1. The topological polar surface area (TPSA) is 229 Å². The van der Waals surface area contributed by atoms with E-state index < -0.39 is 51.0 Å². The van der Waals surface area contributed by atoms with Gasteiger partial charge in [-0.1, -0.05) is 48.5 Å². The molecule has 1 atom stereocenters. The van der Waals surface area contributed by atoms with Gasteiger partial charge in [0.2, 0.25) is 12.0 Å².